The first-order valence-corrected chi connectivity index (χ1v) is 5.86. The van der Waals surface area contributed by atoms with E-state index in [1.165, 1.54) is 6.42 Å². The molecule has 1 saturated carbocycles. The van der Waals surface area contributed by atoms with Crippen molar-refractivity contribution < 1.29 is 9.90 Å². The van der Waals surface area contributed by atoms with E-state index < -0.39 is 6.10 Å². The van der Waals surface area contributed by atoms with Crippen LogP contribution < -0.4 is 0 Å². The predicted molar refractivity (Wildman–Crippen MR) is 60.3 cm³/mol. The summed E-state index contributed by atoms with van der Waals surface area (Å²) in [5, 5.41) is 9.84. The topological polar surface area (TPSA) is 37.3 Å². The van der Waals surface area contributed by atoms with Crippen LogP contribution in [0.2, 0.25) is 0 Å². The lowest BCUT2D eigenvalue weighted by molar-refractivity contribution is -0.130. The lowest BCUT2D eigenvalue weighted by atomic mass is 9.83. The van der Waals surface area contributed by atoms with Gasteiger partial charge in [0, 0.05) is 12.8 Å². The average Bonchev–Trinajstić information content (AvgIpc) is 2.29. The quantitative estimate of drug-likeness (QED) is 0.720. The van der Waals surface area contributed by atoms with Crippen molar-refractivity contribution in [3.63, 3.8) is 0 Å². The van der Waals surface area contributed by atoms with Crippen LogP contribution in [0.5, 0.6) is 0 Å². The third-order valence-corrected chi connectivity index (χ3v) is 3.10. The van der Waals surface area contributed by atoms with Gasteiger partial charge in [0.1, 0.15) is 6.10 Å². The molecule has 1 atom stereocenters. The van der Waals surface area contributed by atoms with Gasteiger partial charge in [0.15, 0.2) is 5.78 Å². The minimum Gasteiger partial charge on any atom is -0.385 e. The molecule has 0 aromatic carbocycles. The van der Waals surface area contributed by atoms with Crippen molar-refractivity contribution >= 4 is 5.78 Å². The van der Waals surface area contributed by atoms with Crippen molar-refractivity contribution in [3.05, 3.63) is 0 Å². The molecule has 1 unspecified atom stereocenters. The molecule has 0 heterocycles. The van der Waals surface area contributed by atoms with Crippen molar-refractivity contribution in [1.82, 2.24) is 0 Å². The maximum absolute atomic E-state index is 11.6. The molecule has 0 saturated heterocycles. The maximum Gasteiger partial charge on any atom is 0.162 e. The minimum absolute atomic E-state index is 0.0235. The zero-order valence-corrected chi connectivity index (χ0v) is 9.46. The molecule has 1 rings (SSSR count). The van der Waals surface area contributed by atoms with Gasteiger partial charge in [-0.3, -0.25) is 4.79 Å². The Labute approximate surface area is 92.1 Å². The molecule has 84 valence electrons. The fourth-order valence-corrected chi connectivity index (χ4v) is 2.17. The summed E-state index contributed by atoms with van der Waals surface area (Å²) < 4.78 is 0. The second-order valence-electron chi connectivity index (χ2n) is 4.24. The number of aliphatic hydroxyl groups excluding tert-OH is 1. The van der Waals surface area contributed by atoms with Crippen molar-refractivity contribution in [2.45, 2.75) is 58.0 Å². The normalized spacial score (nSPS) is 19.1. The zero-order valence-electron chi connectivity index (χ0n) is 9.46. The SMILES string of the molecule is CC#CCCC(=O)C(O)C1CCCCC1. The number of ketones is 1. The van der Waals surface area contributed by atoms with Gasteiger partial charge >= 0.3 is 0 Å². The molecular weight excluding hydrogens is 188 g/mol. The van der Waals surface area contributed by atoms with Crippen LogP contribution >= 0.6 is 0 Å². The number of Topliss-reactive ketones (excluding diaryl/α,β-unsaturated/α-hetero) is 1. The Balaban J connectivity index is 2.32. The van der Waals surface area contributed by atoms with Gasteiger partial charge in [-0.05, 0) is 25.7 Å². The van der Waals surface area contributed by atoms with Crippen LogP contribution in [0.25, 0.3) is 0 Å². The van der Waals surface area contributed by atoms with Crippen LogP contribution in [0.3, 0.4) is 0 Å². The molecule has 0 radical (unpaired) electrons. The van der Waals surface area contributed by atoms with Crippen LogP contribution in [0.1, 0.15) is 51.9 Å². The summed E-state index contributed by atoms with van der Waals surface area (Å²) in [5.74, 6) is 5.80. The molecule has 1 N–H and O–H groups in total. The van der Waals surface area contributed by atoms with E-state index in [0.29, 0.717) is 12.8 Å². The van der Waals surface area contributed by atoms with Crippen LogP contribution in [-0.4, -0.2) is 17.0 Å². The molecular formula is C13H20O2. The molecule has 0 spiro atoms. The molecule has 0 amide bonds. The fourth-order valence-electron chi connectivity index (χ4n) is 2.17. The highest BCUT2D eigenvalue weighted by molar-refractivity contribution is 5.83. The van der Waals surface area contributed by atoms with Gasteiger partial charge in [0.05, 0.1) is 0 Å². The largest absolute Gasteiger partial charge is 0.385 e. The summed E-state index contributed by atoms with van der Waals surface area (Å²) in [6, 6.07) is 0. The summed E-state index contributed by atoms with van der Waals surface area (Å²) >= 11 is 0. The van der Waals surface area contributed by atoms with Gasteiger partial charge in [-0.2, -0.15) is 0 Å². The Bertz CT molecular complexity index is 253. The summed E-state index contributed by atoms with van der Waals surface area (Å²) in [6.45, 7) is 1.77. The van der Waals surface area contributed by atoms with Gasteiger partial charge in [0.2, 0.25) is 0 Å². The Morgan fingerprint density at radius 2 is 2.07 bits per heavy atom. The monoisotopic (exact) mass is 208 g/mol. The first-order chi connectivity index (χ1) is 7.25. The van der Waals surface area contributed by atoms with E-state index in [9.17, 15) is 9.90 Å². The van der Waals surface area contributed by atoms with Gasteiger partial charge in [-0.15, -0.1) is 11.8 Å². The maximum atomic E-state index is 11.6. The highest BCUT2D eigenvalue weighted by Crippen LogP contribution is 2.27. The minimum atomic E-state index is -0.732. The van der Waals surface area contributed by atoms with E-state index >= 15 is 0 Å². The number of hydrogen-bond acceptors (Lipinski definition) is 2. The molecule has 0 bridgehead atoms. The smallest absolute Gasteiger partial charge is 0.162 e. The summed E-state index contributed by atoms with van der Waals surface area (Å²) in [4.78, 5) is 11.6. The summed E-state index contributed by atoms with van der Waals surface area (Å²) in [5.41, 5.74) is 0. The number of hydrogen-bond donors (Lipinski definition) is 1. The first-order valence-electron chi connectivity index (χ1n) is 5.86. The second-order valence-corrected chi connectivity index (χ2v) is 4.24. The van der Waals surface area contributed by atoms with E-state index in [1.807, 2.05) is 0 Å². The molecule has 0 aromatic rings. The van der Waals surface area contributed by atoms with Gasteiger partial charge in [0.25, 0.3) is 0 Å². The summed E-state index contributed by atoms with van der Waals surface area (Å²) in [7, 11) is 0. The number of carbonyl (C=O) groups excluding carboxylic acids is 1. The molecule has 0 aliphatic heterocycles. The first kappa shape index (κ1) is 12.3. The lowest BCUT2D eigenvalue weighted by Crippen LogP contribution is -2.30. The van der Waals surface area contributed by atoms with Crippen LogP contribution in [0.4, 0.5) is 0 Å². The molecule has 15 heavy (non-hydrogen) atoms. The van der Waals surface area contributed by atoms with Crippen molar-refractivity contribution in [3.8, 4) is 11.8 Å². The molecule has 1 aliphatic rings. The average molecular weight is 208 g/mol. The predicted octanol–water partition coefficient (Wildman–Crippen LogP) is 2.30. The molecule has 1 fully saturated rings. The van der Waals surface area contributed by atoms with Crippen LogP contribution in [-0.2, 0) is 4.79 Å². The fraction of sp³-hybridized carbons (Fsp3) is 0.769. The Hall–Kier alpha value is -0.810. The van der Waals surface area contributed by atoms with E-state index in [-0.39, 0.29) is 11.7 Å². The van der Waals surface area contributed by atoms with E-state index in [2.05, 4.69) is 11.8 Å². The molecule has 2 heteroatoms. The molecule has 1 aliphatic carbocycles. The Kier molecular flexibility index (Phi) is 5.42. The number of carbonyl (C=O) groups is 1. The van der Waals surface area contributed by atoms with E-state index in [4.69, 9.17) is 0 Å². The third-order valence-electron chi connectivity index (χ3n) is 3.10. The highest BCUT2D eigenvalue weighted by atomic mass is 16.3. The lowest BCUT2D eigenvalue weighted by Gasteiger charge is -2.25. The van der Waals surface area contributed by atoms with Crippen LogP contribution in [0, 0.1) is 17.8 Å². The molecule has 2 nitrogen and oxygen atoms in total. The number of rotatable bonds is 4. The van der Waals surface area contributed by atoms with E-state index in [1.54, 1.807) is 6.92 Å². The van der Waals surface area contributed by atoms with Crippen molar-refractivity contribution in [2.75, 3.05) is 0 Å². The van der Waals surface area contributed by atoms with Gasteiger partial charge < -0.3 is 5.11 Å². The molecule has 0 aromatic heterocycles. The third kappa shape index (κ3) is 4.05. The Morgan fingerprint density at radius 3 is 2.67 bits per heavy atom. The zero-order chi connectivity index (χ0) is 11.1. The second kappa shape index (κ2) is 6.63. The van der Waals surface area contributed by atoms with E-state index in [0.717, 1.165) is 25.7 Å². The number of aliphatic hydroxyl groups is 1. The van der Waals surface area contributed by atoms with Gasteiger partial charge in [-0.25, -0.2) is 0 Å². The van der Waals surface area contributed by atoms with Crippen molar-refractivity contribution in [1.29, 1.82) is 0 Å². The highest BCUT2D eigenvalue weighted by Gasteiger charge is 2.26. The standard InChI is InChI=1S/C13H20O2/c1-2-3-5-10-12(14)13(15)11-8-6-4-7-9-11/h11,13,15H,4-10H2,1H3. The van der Waals surface area contributed by atoms with Gasteiger partial charge in [-0.1, -0.05) is 19.3 Å². The Morgan fingerprint density at radius 1 is 1.40 bits per heavy atom. The van der Waals surface area contributed by atoms with Crippen LogP contribution in [0.15, 0.2) is 0 Å². The summed E-state index contributed by atoms with van der Waals surface area (Å²) in [6.07, 6.45) is 5.83. The van der Waals surface area contributed by atoms with Crippen molar-refractivity contribution in [2.24, 2.45) is 5.92 Å².